The third-order valence-electron chi connectivity index (χ3n) is 0.350. The van der Waals surface area contributed by atoms with Gasteiger partial charge >= 0.3 is 13.8 Å². The zero-order valence-corrected chi connectivity index (χ0v) is 5.12. The van der Waals surface area contributed by atoms with E-state index in [0.717, 1.165) is 0 Å². The van der Waals surface area contributed by atoms with E-state index in [9.17, 15) is 9.36 Å². The molecule has 0 aliphatic carbocycles. The molecule has 0 aromatic rings. The minimum Gasteiger partial charge on any atom is -0.385 e. The first-order valence-electron chi connectivity index (χ1n) is 1.84. The maximum atomic E-state index is 9.86. The number of phosphoric ester groups is 1. The minimum absolute atomic E-state index is 1.04. The Hall–Kier alpha value is -0.420. The fraction of sp³-hybridized carbons (Fsp3) is 0.500. The lowest BCUT2D eigenvalue weighted by Crippen LogP contribution is -2.06. The van der Waals surface area contributed by atoms with Crippen LogP contribution >= 0.6 is 7.82 Å². The smallest absolute Gasteiger partial charge is 0.385 e. The fourth-order valence-electron chi connectivity index (χ4n) is 0.162. The first kappa shape index (κ1) is 8.58. The molecule has 7 heteroatoms. The van der Waals surface area contributed by atoms with Gasteiger partial charge < -0.3 is 9.63 Å². The number of rotatable bonds is 2. The van der Waals surface area contributed by atoms with Crippen LogP contribution in [0.4, 0.5) is 0 Å². The molecule has 0 rings (SSSR count). The van der Waals surface area contributed by atoms with Gasteiger partial charge in [-0.2, -0.15) is 0 Å². The lowest BCUT2D eigenvalue weighted by atomic mass is 10.8. The van der Waals surface area contributed by atoms with E-state index in [1.165, 1.54) is 0 Å². The van der Waals surface area contributed by atoms with Crippen LogP contribution in [0.3, 0.4) is 0 Å². The summed E-state index contributed by atoms with van der Waals surface area (Å²) in [5.74, 6) is -1.34. The van der Waals surface area contributed by atoms with Crippen molar-refractivity contribution in [2.75, 3.05) is 6.61 Å². The Morgan fingerprint density at radius 2 is 2.00 bits per heavy atom. The van der Waals surface area contributed by atoms with Crippen LogP contribution in [0.2, 0.25) is 0 Å². The number of carbonyl (C=O) groups is 1. The largest absolute Gasteiger partial charge is 0.527 e. The molecule has 0 bridgehead atoms. The number of hydrogen-bond donors (Lipinski definition) is 3. The Balaban J connectivity index is 3.75. The summed E-state index contributed by atoms with van der Waals surface area (Å²) < 4.78 is 13.1. The van der Waals surface area contributed by atoms with Gasteiger partial charge in [0.2, 0.25) is 0 Å². The fourth-order valence-corrected chi connectivity index (χ4v) is 0.485. The predicted molar refractivity (Wildman–Crippen MR) is 25.2 cm³/mol. The quantitative estimate of drug-likeness (QED) is 0.425. The Bertz CT molecular complexity index is 145. The zero-order chi connectivity index (χ0) is 7.49. The number of phosphoric acid groups is 1. The lowest BCUT2D eigenvalue weighted by molar-refractivity contribution is -0.138. The van der Waals surface area contributed by atoms with Gasteiger partial charge in [0.25, 0.3) is 0 Å². The average Bonchev–Trinajstić information content (AvgIpc) is 1.62. The molecule has 54 valence electrons. The normalized spacial score (nSPS) is 11.0. The maximum absolute atomic E-state index is 9.86. The molecule has 0 heterocycles. The van der Waals surface area contributed by atoms with Crippen molar-refractivity contribution in [3.63, 3.8) is 0 Å². The van der Waals surface area contributed by atoms with E-state index < -0.39 is 20.4 Å². The second-order valence-electron chi connectivity index (χ2n) is 1.11. The van der Waals surface area contributed by atoms with Gasteiger partial charge in [-0.3, -0.25) is 9.79 Å². The standard InChI is InChI=1S/C2H5O6P/c3-1-2(4)8-9(5,6)7/h3H,1H2,(H2,5,6,7). The van der Waals surface area contributed by atoms with E-state index >= 15 is 0 Å². The van der Waals surface area contributed by atoms with Gasteiger partial charge in [0.1, 0.15) is 6.61 Å². The molecule has 0 amide bonds. The number of carbonyl (C=O) groups excluding carboxylic acids is 1. The lowest BCUT2D eigenvalue weighted by Gasteiger charge is -2.00. The van der Waals surface area contributed by atoms with Crippen LogP contribution < -0.4 is 0 Å². The van der Waals surface area contributed by atoms with Crippen LogP contribution in [0.25, 0.3) is 0 Å². The van der Waals surface area contributed by atoms with Gasteiger partial charge in [-0.15, -0.1) is 0 Å². The van der Waals surface area contributed by atoms with Crippen molar-refractivity contribution >= 4 is 13.8 Å². The van der Waals surface area contributed by atoms with Gasteiger partial charge in [0, 0.05) is 0 Å². The molecule has 6 nitrogen and oxygen atoms in total. The van der Waals surface area contributed by atoms with E-state index in [1.54, 1.807) is 0 Å². The van der Waals surface area contributed by atoms with E-state index in [2.05, 4.69) is 4.52 Å². The molecule has 0 atom stereocenters. The van der Waals surface area contributed by atoms with Crippen molar-refractivity contribution in [3.05, 3.63) is 0 Å². The summed E-state index contributed by atoms with van der Waals surface area (Å²) in [6, 6.07) is 0. The van der Waals surface area contributed by atoms with Gasteiger partial charge in [0.05, 0.1) is 0 Å². The minimum atomic E-state index is -4.75. The SMILES string of the molecule is O=C(CO)OP(=O)(O)O. The highest BCUT2D eigenvalue weighted by atomic mass is 31.2. The van der Waals surface area contributed by atoms with Crippen LogP contribution in [0.5, 0.6) is 0 Å². The van der Waals surface area contributed by atoms with Gasteiger partial charge in [-0.1, -0.05) is 0 Å². The molecule has 0 aromatic heterocycles. The van der Waals surface area contributed by atoms with Crippen molar-refractivity contribution < 1.29 is 28.8 Å². The average molecular weight is 156 g/mol. The summed E-state index contributed by atoms with van der Waals surface area (Å²) in [7, 11) is -4.75. The summed E-state index contributed by atoms with van der Waals surface area (Å²) >= 11 is 0. The van der Waals surface area contributed by atoms with Crippen LogP contribution in [0, 0.1) is 0 Å². The van der Waals surface area contributed by atoms with Crippen LogP contribution in [-0.4, -0.2) is 27.5 Å². The first-order chi connectivity index (χ1) is 3.95. The van der Waals surface area contributed by atoms with E-state index in [0.29, 0.717) is 0 Å². The molecule has 0 radical (unpaired) electrons. The second-order valence-corrected chi connectivity index (χ2v) is 2.28. The Labute approximate surface area is 50.3 Å². The molecule has 0 saturated carbocycles. The Morgan fingerprint density at radius 3 is 2.11 bits per heavy atom. The second kappa shape index (κ2) is 2.93. The first-order valence-corrected chi connectivity index (χ1v) is 3.37. The maximum Gasteiger partial charge on any atom is 0.527 e. The summed E-state index contributed by atoms with van der Waals surface area (Å²) in [6.07, 6.45) is 0. The Morgan fingerprint density at radius 1 is 1.56 bits per heavy atom. The molecule has 9 heavy (non-hydrogen) atoms. The molecule has 0 spiro atoms. The molecule has 3 N–H and O–H groups in total. The van der Waals surface area contributed by atoms with Gasteiger partial charge in [-0.05, 0) is 0 Å². The summed E-state index contributed by atoms with van der Waals surface area (Å²) in [5, 5.41) is 7.88. The molecule has 0 unspecified atom stereocenters. The summed E-state index contributed by atoms with van der Waals surface area (Å²) in [6.45, 7) is -1.04. The van der Waals surface area contributed by atoms with E-state index in [1.807, 2.05) is 0 Å². The molecule has 0 saturated heterocycles. The highest BCUT2D eigenvalue weighted by Crippen LogP contribution is 2.35. The predicted octanol–water partition coefficient (Wildman–Crippen LogP) is -1.39. The number of aliphatic hydroxyl groups is 1. The summed E-state index contributed by atoms with van der Waals surface area (Å²) in [5.41, 5.74) is 0. The molecule has 0 aromatic carbocycles. The van der Waals surface area contributed by atoms with Crippen LogP contribution in [0.15, 0.2) is 0 Å². The third kappa shape index (κ3) is 5.45. The van der Waals surface area contributed by atoms with Crippen molar-refractivity contribution in [3.8, 4) is 0 Å². The topological polar surface area (TPSA) is 104 Å². The molecular formula is C2H5O6P. The third-order valence-corrected chi connectivity index (χ3v) is 0.791. The van der Waals surface area contributed by atoms with Crippen LogP contribution in [0.1, 0.15) is 0 Å². The highest BCUT2D eigenvalue weighted by Gasteiger charge is 2.18. The molecule has 0 aliphatic rings. The van der Waals surface area contributed by atoms with Gasteiger partial charge in [-0.25, -0.2) is 9.36 Å². The summed E-state index contributed by atoms with van der Waals surface area (Å²) in [4.78, 5) is 25.6. The zero-order valence-electron chi connectivity index (χ0n) is 4.22. The van der Waals surface area contributed by atoms with Crippen molar-refractivity contribution in [2.24, 2.45) is 0 Å². The molecule has 0 fully saturated rings. The van der Waals surface area contributed by atoms with E-state index in [-0.39, 0.29) is 0 Å². The van der Waals surface area contributed by atoms with Crippen molar-refractivity contribution in [2.45, 2.75) is 0 Å². The number of hydrogen-bond acceptors (Lipinski definition) is 4. The molecule has 0 aliphatic heterocycles. The molecular weight excluding hydrogens is 151 g/mol. The number of aliphatic hydroxyl groups excluding tert-OH is 1. The van der Waals surface area contributed by atoms with E-state index in [4.69, 9.17) is 14.9 Å². The van der Waals surface area contributed by atoms with Crippen molar-refractivity contribution in [1.82, 2.24) is 0 Å². The van der Waals surface area contributed by atoms with Crippen molar-refractivity contribution in [1.29, 1.82) is 0 Å². The van der Waals surface area contributed by atoms with Crippen LogP contribution in [-0.2, 0) is 13.9 Å². The monoisotopic (exact) mass is 156 g/mol. The van der Waals surface area contributed by atoms with Gasteiger partial charge in [0.15, 0.2) is 0 Å². The highest BCUT2D eigenvalue weighted by molar-refractivity contribution is 7.46. The Kier molecular flexibility index (Phi) is 2.80.